The van der Waals surface area contributed by atoms with Gasteiger partial charge < -0.3 is 19.4 Å². The third-order valence-corrected chi connectivity index (χ3v) is 5.75. The van der Waals surface area contributed by atoms with Crippen LogP contribution in [0.1, 0.15) is 27.0 Å². The molecule has 4 aromatic rings. The average Bonchev–Trinajstić information content (AvgIpc) is 2.87. The van der Waals surface area contributed by atoms with Gasteiger partial charge in [0, 0.05) is 35.9 Å². The number of aromatic nitrogens is 2. The lowest BCUT2D eigenvalue weighted by Crippen LogP contribution is -2.24. The van der Waals surface area contributed by atoms with Gasteiger partial charge in [-0.15, -0.1) is 0 Å². The topological polar surface area (TPSA) is 99.5 Å². The number of ketones is 1. The third-order valence-electron chi connectivity index (χ3n) is 5.75. The number of carbonyl (C=O) groups excluding carboxylic acids is 2. The number of fused-ring (bicyclic) bond motifs is 1. The van der Waals surface area contributed by atoms with Crippen LogP contribution >= 0.6 is 0 Å². The van der Waals surface area contributed by atoms with Crippen molar-refractivity contribution in [2.45, 2.75) is 20.4 Å². The van der Waals surface area contributed by atoms with Crippen LogP contribution < -0.4 is 20.2 Å². The largest absolute Gasteiger partial charge is 0.493 e. The maximum atomic E-state index is 13.4. The Morgan fingerprint density at radius 3 is 2.34 bits per heavy atom. The maximum Gasteiger partial charge on any atom is 0.244 e. The van der Waals surface area contributed by atoms with Crippen molar-refractivity contribution in [1.29, 1.82) is 0 Å². The molecule has 2 heterocycles. The first-order valence-electron chi connectivity index (χ1n) is 10.9. The van der Waals surface area contributed by atoms with Gasteiger partial charge in [0.25, 0.3) is 0 Å². The van der Waals surface area contributed by atoms with E-state index in [4.69, 9.17) is 9.47 Å². The smallest absolute Gasteiger partial charge is 0.244 e. The van der Waals surface area contributed by atoms with Crippen LogP contribution in [-0.4, -0.2) is 35.5 Å². The molecule has 1 N–H and O–H groups in total. The van der Waals surface area contributed by atoms with Gasteiger partial charge in [0.2, 0.25) is 11.3 Å². The molecule has 0 aliphatic heterocycles. The van der Waals surface area contributed by atoms with E-state index in [2.05, 4.69) is 10.3 Å². The van der Waals surface area contributed by atoms with Crippen molar-refractivity contribution in [2.24, 2.45) is 0 Å². The molecule has 0 aliphatic carbocycles. The molecule has 0 fully saturated rings. The highest BCUT2D eigenvalue weighted by atomic mass is 16.5. The fraction of sp³-hybridized carbons (Fsp3) is 0.185. The molecule has 0 saturated carbocycles. The number of methoxy groups -OCH3 is 2. The summed E-state index contributed by atoms with van der Waals surface area (Å²) in [4.78, 5) is 43.5. The number of nitrogens with one attached hydrogen (secondary N) is 1. The minimum Gasteiger partial charge on any atom is -0.493 e. The van der Waals surface area contributed by atoms with Crippen LogP contribution in [0, 0.1) is 13.8 Å². The Balaban J connectivity index is 1.84. The second kappa shape index (κ2) is 9.80. The average molecular weight is 472 g/mol. The molecule has 178 valence electrons. The van der Waals surface area contributed by atoms with Crippen LogP contribution in [0.5, 0.6) is 11.5 Å². The van der Waals surface area contributed by atoms with E-state index in [0.29, 0.717) is 28.3 Å². The van der Waals surface area contributed by atoms with Crippen LogP contribution in [-0.2, 0) is 11.3 Å². The Bertz CT molecular complexity index is 1490. The van der Waals surface area contributed by atoms with E-state index in [0.717, 1.165) is 11.1 Å². The lowest BCUT2D eigenvalue weighted by molar-refractivity contribution is -0.116. The van der Waals surface area contributed by atoms with E-state index in [1.807, 2.05) is 32.0 Å². The summed E-state index contributed by atoms with van der Waals surface area (Å²) >= 11 is 0. The van der Waals surface area contributed by atoms with Crippen molar-refractivity contribution in [2.75, 3.05) is 19.5 Å². The zero-order chi connectivity index (χ0) is 25.1. The molecule has 0 spiro atoms. The highest BCUT2D eigenvalue weighted by Gasteiger charge is 2.20. The molecule has 1 amide bonds. The van der Waals surface area contributed by atoms with E-state index in [1.54, 1.807) is 10.6 Å². The molecule has 0 radical (unpaired) electrons. The predicted octanol–water partition coefficient (Wildman–Crippen LogP) is 3.90. The number of aryl methyl sites for hydroxylation is 2. The maximum absolute atomic E-state index is 13.4. The molecule has 8 nitrogen and oxygen atoms in total. The summed E-state index contributed by atoms with van der Waals surface area (Å²) < 4.78 is 12.3. The summed E-state index contributed by atoms with van der Waals surface area (Å²) in [5.74, 6) is -0.0215. The minimum absolute atomic E-state index is 0.0598. The summed E-state index contributed by atoms with van der Waals surface area (Å²) in [6.45, 7) is 3.73. The number of hydrogen-bond donors (Lipinski definition) is 1. The summed E-state index contributed by atoms with van der Waals surface area (Å²) in [7, 11) is 2.95. The van der Waals surface area contributed by atoms with Crippen LogP contribution in [0.3, 0.4) is 0 Å². The highest BCUT2D eigenvalue weighted by Crippen LogP contribution is 2.31. The highest BCUT2D eigenvalue weighted by molar-refractivity contribution is 6.10. The van der Waals surface area contributed by atoms with Crippen LogP contribution in [0.2, 0.25) is 0 Å². The second-order valence-corrected chi connectivity index (χ2v) is 8.16. The second-order valence-electron chi connectivity index (χ2n) is 8.16. The van der Waals surface area contributed by atoms with E-state index < -0.39 is 11.2 Å². The van der Waals surface area contributed by atoms with Crippen molar-refractivity contribution in [1.82, 2.24) is 9.55 Å². The number of carbonyl (C=O) groups is 2. The van der Waals surface area contributed by atoms with Gasteiger partial charge in [0.15, 0.2) is 17.3 Å². The predicted molar refractivity (Wildman–Crippen MR) is 134 cm³/mol. The molecule has 8 heteroatoms. The monoisotopic (exact) mass is 471 g/mol. The number of rotatable bonds is 7. The molecular weight excluding hydrogens is 446 g/mol. The fourth-order valence-corrected chi connectivity index (χ4v) is 3.88. The van der Waals surface area contributed by atoms with Gasteiger partial charge in [-0.1, -0.05) is 12.1 Å². The number of benzene rings is 2. The van der Waals surface area contributed by atoms with Crippen molar-refractivity contribution < 1.29 is 19.1 Å². The van der Waals surface area contributed by atoms with Crippen molar-refractivity contribution in [3.8, 4) is 11.5 Å². The van der Waals surface area contributed by atoms with Crippen LogP contribution in [0.4, 0.5) is 5.69 Å². The quantitative estimate of drug-likeness (QED) is 0.411. The third kappa shape index (κ3) is 4.77. The first kappa shape index (κ1) is 23.7. The van der Waals surface area contributed by atoms with Crippen molar-refractivity contribution in [3.05, 3.63) is 93.5 Å². The first-order chi connectivity index (χ1) is 16.8. The van der Waals surface area contributed by atoms with Gasteiger partial charge in [-0.05, 0) is 49.2 Å². The summed E-state index contributed by atoms with van der Waals surface area (Å²) in [6, 6.07) is 12.0. The van der Waals surface area contributed by atoms with Gasteiger partial charge in [0.05, 0.1) is 30.7 Å². The molecule has 4 rings (SSSR count). The zero-order valence-corrected chi connectivity index (χ0v) is 19.9. The summed E-state index contributed by atoms with van der Waals surface area (Å²) in [6.07, 6.45) is 4.39. The Morgan fingerprint density at radius 1 is 0.971 bits per heavy atom. The lowest BCUT2D eigenvalue weighted by atomic mass is 10.0. The first-order valence-corrected chi connectivity index (χ1v) is 10.9. The molecule has 0 saturated heterocycles. The number of nitrogens with zero attached hydrogens (tertiary/aromatic N) is 2. The van der Waals surface area contributed by atoms with Gasteiger partial charge >= 0.3 is 0 Å². The van der Waals surface area contributed by atoms with Crippen molar-refractivity contribution in [3.63, 3.8) is 0 Å². The summed E-state index contributed by atoms with van der Waals surface area (Å²) in [5, 5.41) is 3.16. The van der Waals surface area contributed by atoms with E-state index in [-0.39, 0.29) is 23.4 Å². The zero-order valence-electron chi connectivity index (χ0n) is 19.9. The molecular formula is C27H25N3O5. The molecule has 0 bridgehead atoms. The molecule has 2 aromatic heterocycles. The lowest BCUT2D eigenvalue weighted by Gasteiger charge is -2.16. The Kier molecular flexibility index (Phi) is 6.64. The normalized spacial score (nSPS) is 10.7. The minimum atomic E-state index is -0.464. The standard InChI is InChI=1S/C27H25N3O5/c1-16-5-6-17(2)21(11-16)29-25(31)15-30-14-20(26(32)18-7-9-28-10-8-18)27(33)19-12-23(34-3)24(35-4)13-22(19)30/h5-14H,15H2,1-4H3,(H,29,31). The number of anilines is 1. The Morgan fingerprint density at radius 2 is 1.66 bits per heavy atom. The van der Waals surface area contributed by atoms with Crippen LogP contribution in [0.15, 0.2) is 65.8 Å². The number of amides is 1. The van der Waals surface area contributed by atoms with Gasteiger partial charge in [-0.25, -0.2) is 0 Å². The van der Waals surface area contributed by atoms with E-state index in [1.165, 1.54) is 51.0 Å². The van der Waals surface area contributed by atoms with Crippen LogP contribution in [0.25, 0.3) is 10.9 Å². The molecule has 0 unspecified atom stereocenters. The number of pyridine rings is 2. The Hall–Kier alpha value is -4.46. The molecule has 0 atom stereocenters. The SMILES string of the molecule is COc1cc2c(=O)c(C(=O)c3ccncc3)cn(CC(=O)Nc3cc(C)ccc3C)c2cc1OC. The fourth-order valence-electron chi connectivity index (χ4n) is 3.88. The number of ether oxygens (including phenoxy) is 2. The van der Waals surface area contributed by atoms with Gasteiger partial charge in [-0.3, -0.25) is 19.4 Å². The van der Waals surface area contributed by atoms with E-state index >= 15 is 0 Å². The van der Waals surface area contributed by atoms with E-state index in [9.17, 15) is 14.4 Å². The summed E-state index contributed by atoms with van der Waals surface area (Å²) in [5.41, 5.74) is 2.88. The van der Waals surface area contributed by atoms with Crippen molar-refractivity contribution >= 4 is 28.3 Å². The molecule has 35 heavy (non-hydrogen) atoms. The number of hydrogen-bond acceptors (Lipinski definition) is 6. The van der Waals surface area contributed by atoms with Gasteiger partial charge in [0.1, 0.15) is 6.54 Å². The van der Waals surface area contributed by atoms with Gasteiger partial charge in [-0.2, -0.15) is 0 Å². The molecule has 0 aliphatic rings. The Labute approximate surface area is 202 Å². The molecule has 2 aromatic carbocycles.